The molecular weight excluding hydrogens is 198 g/mol. The van der Waals surface area contributed by atoms with E-state index < -0.39 is 18.2 Å². The van der Waals surface area contributed by atoms with Crippen LogP contribution in [0.5, 0.6) is 0 Å². The van der Waals surface area contributed by atoms with Crippen LogP contribution < -0.4 is 5.73 Å². The van der Waals surface area contributed by atoms with E-state index in [-0.39, 0.29) is 0 Å². The normalized spacial score (nSPS) is 14.6. The van der Waals surface area contributed by atoms with E-state index in [9.17, 15) is 9.90 Å². The van der Waals surface area contributed by atoms with Gasteiger partial charge in [0.25, 0.3) is 0 Å². The molecule has 5 nitrogen and oxygen atoms in total. The molecule has 1 aromatic rings. The third-order valence-corrected chi connectivity index (χ3v) is 2.02. The van der Waals surface area contributed by atoms with Crippen molar-refractivity contribution in [1.82, 2.24) is 0 Å². The average molecular weight is 211 g/mol. The number of hydrogen-bond acceptors (Lipinski definition) is 4. The van der Waals surface area contributed by atoms with Crippen molar-refractivity contribution >= 4 is 11.7 Å². The highest BCUT2D eigenvalue weighted by atomic mass is 16.4. The van der Waals surface area contributed by atoms with E-state index >= 15 is 0 Å². The van der Waals surface area contributed by atoms with Crippen LogP contribution in [0, 0.1) is 6.92 Å². The summed E-state index contributed by atoms with van der Waals surface area (Å²) in [6, 6.07) is 4.69. The van der Waals surface area contributed by atoms with E-state index in [0.29, 0.717) is 11.3 Å². The summed E-state index contributed by atoms with van der Waals surface area (Å²) in [6.07, 6.45) is -3.31. The van der Waals surface area contributed by atoms with Crippen LogP contribution in [0.2, 0.25) is 0 Å². The van der Waals surface area contributed by atoms with Crippen molar-refractivity contribution in [3.63, 3.8) is 0 Å². The lowest BCUT2D eigenvalue weighted by molar-refractivity contribution is -0.153. The second kappa shape index (κ2) is 4.29. The van der Waals surface area contributed by atoms with Crippen molar-refractivity contribution in [3.8, 4) is 0 Å². The lowest BCUT2D eigenvalue weighted by Gasteiger charge is -2.15. The SMILES string of the molecule is Cc1cc(N)cc(C(O)C(O)C(=O)O)c1. The van der Waals surface area contributed by atoms with Gasteiger partial charge in [0.05, 0.1) is 0 Å². The number of carboxylic acid groups (broad SMARTS) is 1. The number of hydrogen-bond donors (Lipinski definition) is 4. The van der Waals surface area contributed by atoms with Gasteiger partial charge in [-0.05, 0) is 30.2 Å². The van der Waals surface area contributed by atoms with Crippen molar-refractivity contribution in [3.05, 3.63) is 29.3 Å². The molecule has 82 valence electrons. The van der Waals surface area contributed by atoms with Crippen molar-refractivity contribution in [2.75, 3.05) is 5.73 Å². The predicted octanol–water partition coefficient (Wildman–Crippen LogP) is 0.0561. The van der Waals surface area contributed by atoms with Crippen LogP contribution >= 0.6 is 0 Å². The average Bonchev–Trinajstić information content (AvgIpc) is 2.13. The Bertz CT molecular complexity index is 357. The van der Waals surface area contributed by atoms with Gasteiger partial charge in [-0.1, -0.05) is 6.07 Å². The summed E-state index contributed by atoms with van der Waals surface area (Å²) in [7, 11) is 0. The summed E-state index contributed by atoms with van der Waals surface area (Å²) in [6.45, 7) is 1.76. The Morgan fingerprint density at radius 2 is 1.93 bits per heavy atom. The summed E-state index contributed by atoms with van der Waals surface area (Å²) < 4.78 is 0. The van der Waals surface area contributed by atoms with Gasteiger partial charge in [-0.3, -0.25) is 0 Å². The van der Waals surface area contributed by atoms with E-state index in [1.54, 1.807) is 19.1 Å². The van der Waals surface area contributed by atoms with Gasteiger partial charge in [-0.15, -0.1) is 0 Å². The summed E-state index contributed by atoms with van der Waals surface area (Å²) >= 11 is 0. The van der Waals surface area contributed by atoms with Gasteiger partial charge >= 0.3 is 5.97 Å². The molecule has 1 rings (SSSR count). The first-order chi connectivity index (χ1) is 6.91. The van der Waals surface area contributed by atoms with Gasteiger partial charge in [-0.25, -0.2) is 4.79 Å². The summed E-state index contributed by atoms with van der Waals surface area (Å²) in [5.74, 6) is -1.47. The van der Waals surface area contributed by atoms with Gasteiger partial charge < -0.3 is 21.1 Å². The summed E-state index contributed by atoms with van der Waals surface area (Å²) in [5, 5.41) is 27.2. The molecule has 0 aliphatic heterocycles. The number of aliphatic hydroxyl groups is 2. The number of aliphatic hydroxyl groups excluding tert-OH is 2. The van der Waals surface area contributed by atoms with Gasteiger partial charge in [0.2, 0.25) is 0 Å². The van der Waals surface area contributed by atoms with Gasteiger partial charge in [0.15, 0.2) is 6.10 Å². The Balaban J connectivity index is 3.00. The zero-order chi connectivity index (χ0) is 11.6. The molecule has 5 N–H and O–H groups in total. The number of nitrogen functional groups attached to an aromatic ring is 1. The third-order valence-electron chi connectivity index (χ3n) is 2.02. The molecule has 0 aliphatic rings. The molecule has 0 aromatic heterocycles. The highest BCUT2D eigenvalue weighted by molar-refractivity contribution is 5.73. The zero-order valence-corrected chi connectivity index (χ0v) is 8.21. The highest BCUT2D eigenvalue weighted by Crippen LogP contribution is 2.21. The Labute approximate surface area is 86.8 Å². The summed E-state index contributed by atoms with van der Waals surface area (Å²) in [5.41, 5.74) is 7.04. The molecule has 0 amide bonds. The fourth-order valence-corrected chi connectivity index (χ4v) is 1.33. The van der Waals surface area contributed by atoms with Crippen molar-refractivity contribution in [2.45, 2.75) is 19.1 Å². The Kier molecular flexibility index (Phi) is 3.28. The van der Waals surface area contributed by atoms with Gasteiger partial charge in [0.1, 0.15) is 6.10 Å². The molecule has 0 heterocycles. The smallest absolute Gasteiger partial charge is 0.335 e. The van der Waals surface area contributed by atoms with Crippen LogP contribution in [0.3, 0.4) is 0 Å². The minimum atomic E-state index is -1.84. The molecule has 0 saturated carbocycles. The first-order valence-corrected chi connectivity index (χ1v) is 4.38. The Morgan fingerprint density at radius 3 is 2.40 bits per heavy atom. The number of aryl methyl sites for hydroxylation is 1. The van der Waals surface area contributed by atoms with Crippen LogP contribution in [0.1, 0.15) is 17.2 Å². The number of rotatable bonds is 3. The molecule has 15 heavy (non-hydrogen) atoms. The minimum Gasteiger partial charge on any atom is -0.479 e. The van der Waals surface area contributed by atoms with Crippen molar-refractivity contribution in [2.24, 2.45) is 0 Å². The molecule has 5 heteroatoms. The zero-order valence-electron chi connectivity index (χ0n) is 8.21. The number of carbonyl (C=O) groups is 1. The van der Waals surface area contributed by atoms with Gasteiger partial charge in [0, 0.05) is 5.69 Å². The topological polar surface area (TPSA) is 104 Å². The molecule has 0 saturated heterocycles. The standard InChI is InChI=1S/C10H13NO4/c1-5-2-6(4-7(11)3-5)8(12)9(13)10(14)15/h2-4,8-9,12-13H,11H2,1H3,(H,14,15). The molecule has 2 unspecified atom stereocenters. The number of aliphatic carboxylic acids is 1. The maximum Gasteiger partial charge on any atom is 0.335 e. The lowest BCUT2D eigenvalue weighted by atomic mass is 10.0. The van der Waals surface area contributed by atoms with E-state index in [4.69, 9.17) is 15.9 Å². The van der Waals surface area contributed by atoms with E-state index in [2.05, 4.69) is 0 Å². The van der Waals surface area contributed by atoms with Crippen LogP contribution in [0.25, 0.3) is 0 Å². The third kappa shape index (κ3) is 2.68. The van der Waals surface area contributed by atoms with Crippen LogP contribution in [-0.2, 0) is 4.79 Å². The molecule has 0 fully saturated rings. The lowest BCUT2D eigenvalue weighted by Crippen LogP contribution is -2.27. The number of anilines is 1. The van der Waals surface area contributed by atoms with E-state index in [1.807, 2.05) is 0 Å². The fraction of sp³-hybridized carbons (Fsp3) is 0.300. The summed E-state index contributed by atoms with van der Waals surface area (Å²) in [4.78, 5) is 10.4. The Morgan fingerprint density at radius 1 is 1.33 bits per heavy atom. The maximum atomic E-state index is 10.4. The molecule has 0 aliphatic carbocycles. The largest absolute Gasteiger partial charge is 0.479 e. The molecular formula is C10H13NO4. The molecule has 0 spiro atoms. The second-order valence-electron chi connectivity index (χ2n) is 3.40. The number of carboxylic acids is 1. The highest BCUT2D eigenvalue weighted by Gasteiger charge is 2.25. The van der Waals surface area contributed by atoms with E-state index in [0.717, 1.165) is 5.56 Å². The first kappa shape index (κ1) is 11.5. The molecule has 2 atom stereocenters. The maximum absolute atomic E-state index is 10.4. The number of benzene rings is 1. The molecule has 1 aromatic carbocycles. The predicted molar refractivity (Wildman–Crippen MR) is 54.2 cm³/mol. The molecule has 0 radical (unpaired) electrons. The molecule has 0 bridgehead atoms. The number of nitrogens with two attached hydrogens (primary N) is 1. The van der Waals surface area contributed by atoms with Crippen molar-refractivity contribution in [1.29, 1.82) is 0 Å². The monoisotopic (exact) mass is 211 g/mol. The fourth-order valence-electron chi connectivity index (χ4n) is 1.33. The van der Waals surface area contributed by atoms with Gasteiger partial charge in [-0.2, -0.15) is 0 Å². The Hall–Kier alpha value is -1.59. The van der Waals surface area contributed by atoms with Crippen LogP contribution in [0.15, 0.2) is 18.2 Å². The second-order valence-corrected chi connectivity index (χ2v) is 3.40. The first-order valence-electron chi connectivity index (χ1n) is 4.38. The van der Waals surface area contributed by atoms with Crippen LogP contribution in [-0.4, -0.2) is 27.4 Å². The van der Waals surface area contributed by atoms with E-state index in [1.165, 1.54) is 6.07 Å². The van der Waals surface area contributed by atoms with Crippen molar-refractivity contribution < 1.29 is 20.1 Å². The minimum absolute atomic E-state index is 0.294. The van der Waals surface area contributed by atoms with Crippen LogP contribution in [0.4, 0.5) is 5.69 Å². The quantitative estimate of drug-likeness (QED) is 0.529.